The maximum atomic E-state index is 5.66. The summed E-state index contributed by atoms with van der Waals surface area (Å²) in [5.74, 6) is 0.955. The van der Waals surface area contributed by atoms with Crippen LogP contribution in [0.1, 0.15) is 19.3 Å². The van der Waals surface area contributed by atoms with Crippen molar-refractivity contribution in [3.63, 3.8) is 0 Å². The van der Waals surface area contributed by atoms with Crippen LogP contribution in [0.25, 0.3) is 0 Å². The second-order valence-electron chi connectivity index (χ2n) is 3.88. The molecule has 0 aromatic heterocycles. The molecule has 0 radical (unpaired) electrons. The van der Waals surface area contributed by atoms with Gasteiger partial charge in [-0.05, 0) is 50.1 Å². The van der Waals surface area contributed by atoms with Gasteiger partial charge in [0.2, 0.25) is 0 Å². The van der Waals surface area contributed by atoms with E-state index in [1.807, 2.05) is 24.3 Å². The minimum atomic E-state index is 0.667. The first kappa shape index (κ1) is 11.0. The maximum absolute atomic E-state index is 5.66. The Morgan fingerprint density at radius 3 is 2.80 bits per heavy atom. The first-order valence-corrected chi connectivity index (χ1v) is 6.25. The largest absolute Gasteiger partial charge is 0.494 e. The van der Waals surface area contributed by atoms with Gasteiger partial charge in [0, 0.05) is 10.5 Å². The average Bonchev–Trinajstić information content (AvgIpc) is 2.74. The molecule has 1 unspecified atom stereocenters. The third kappa shape index (κ3) is 3.50. The summed E-state index contributed by atoms with van der Waals surface area (Å²) in [6.45, 7) is 1.97. The quantitative estimate of drug-likeness (QED) is 0.908. The van der Waals surface area contributed by atoms with Crippen LogP contribution in [0.2, 0.25) is 0 Å². The molecule has 1 aliphatic heterocycles. The summed E-state index contributed by atoms with van der Waals surface area (Å²) < 4.78 is 6.75. The molecule has 15 heavy (non-hydrogen) atoms. The molecule has 1 N–H and O–H groups in total. The number of nitrogens with one attached hydrogen (secondary N) is 1. The fourth-order valence-corrected chi connectivity index (χ4v) is 2.12. The van der Waals surface area contributed by atoms with Crippen molar-refractivity contribution in [2.24, 2.45) is 0 Å². The molecule has 1 aromatic carbocycles. The lowest BCUT2D eigenvalue weighted by atomic mass is 10.2. The van der Waals surface area contributed by atoms with Gasteiger partial charge >= 0.3 is 0 Å². The van der Waals surface area contributed by atoms with E-state index in [0.29, 0.717) is 6.04 Å². The second-order valence-corrected chi connectivity index (χ2v) is 4.80. The zero-order valence-corrected chi connectivity index (χ0v) is 10.3. The van der Waals surface area contributed by atoms with Crippen molar-refractivity contribution in [2.75, 3.05) is 13.2 Å². The molecular weight excluding hydrogens is 254 g/mol. The summed E-state index contributed by atoms with van der Waals surface area (Å²) in [5, 5.41) is 3.46. The van der Waals surface area contributed by atoms with Crippen molar-refractivity contribution >= 4 is 15.9 Å². The lowest BCUT2D eigenvalue weighted by Crippen LogP contribution is -2.23. The summed E-state index contributed by atoms with van der Waals surface area (Å²) in [5.41, 5.74) is 0. The van der Waals surface area contributed by atoms with Crippen molar-refractivity contribution in [1.29, 1.82) is 0 Å². The van der Waals surface area contributed by atoms with Crippen molar-refractivity contribution in [1.82, 2.24) is 5.32 Å². The standard InChI is InChI=1S/C12H16BrNO/c13-10-3-5-12(6-4-10)15-9-7-11-2-1-8-14-11/h3-6,11,14H,1-2,7-9H2. The highest BCUT2D eigenvalue weighted by Crippen LogP contribution is 2.17. The van der Waals surface area contributed by atoms with Crippen LogP contribution in [0.15, 0.2) is 28.7 Å². The molecule has 1 saturated heterocycles. The molecule has 0 bridgehead atoms. The molecule has 0 spiro atoms. The molecule has 1 heterocycles. The summed E-state index contributed by atoms with van der Waals surface area (Å²) in [6, 6.07) is 8.66. The lowest BCUT2D eigenvalue weighted by Gasteiger charge is -2.11. The molecule has 1 aromatic rings. The van der Waals surface area contributed by atoms with Gasteiger partial charge < -0.3 is 10.1 Å². The van der Waals surface area contributed by atoms with E-state index in [1.54, 1.807) is 0 Å². The summed E-state index contributed by atoms with van der Waals surface area (Å²) in [4.78, 5) is 0. The van der Waals surface area contributed by atoms with Gasteiger partial charge in [-0.3, -0.25) is 0 Å². The topological polar surface area (TPSA) is 21.3 Å². The van der Waals surface area contributed by atoms with E-state index in [4.69, 9.17) is 4.74 Å². The molecule has 2 nitrogen and oxygen atoms in total. The fraction of sp³-hybridized carbons (Fsp3) is 0.500. The molecule has 1 fully saturated rings. The number of ether oxygens (including phenoxy) is 1. The highest BCUT2D eigenvalue weighted by molar-refractivity contribution is 9.10. The number of benzene rings is 1. The van der Waals surface area contributed by atoms with Gasteiger partial charge in [-0.15, -0.1) is 0 Å². The highest BCUT2D eigenvalue weighted by atomic mass is 79.9. The van der Waals surface area contributed by atoms with Crippen LogP contribution in [-0.4, -0.2) is 19.2 Å². The van der Waals surface area contributed by atoms with Crippen molar-refractivity contribution in [3.8, 4) is 5.75 Å². The molecular formula is C12H16BrNO. The van der Waals surface area contributed by atoms with Gasteiger partial charge in [-0.1, -0.05) is 15.9 Å². The molecule has 1 atom stereocenters. The van der Waals surface area contributed by atoms with Crippen LogP contribution in [0, 0.1) is 0 Å². The SMILES string of the molecule is Brc1ccc(OCCC2CCCN2)cc1. The van der Waals surface area contributed by atoms with E-state index in [2.05, 4.69) is 21.2 Å². The average molecular weight is 270 g/mol. The van der Waals surface area contributed by atoms with Gasteiger partial charge in [0.25, 0.3) is 0 Å². The Morgan fingerprint density at radius 2 is 2.13 bits per heavy atom. The fourth-order valence-electron chi connectivity index (χ4n) is 1.85. The Hall–Kier alpha value is -0.540. The van der Waals surface area contributed by atoms with Crippen LogP contribution >= 0.6 is 15.9 Å². The number of hydrogen-bond acceptors (Lipinski definition) is 2. The first-order chi connectivity index (χ1) is 7.34. The van der Waals surface area contributed by atoms with Crippen LogP contribution < -0.4 is 10.1 Å². The van der Waals surface area contributed by atoms with Crippen molar-refractivity contribution in [3.05, 3.63) is 28.7 Å². The van der Waals surface area contributed by atoms with E-state index < -0.39 is 0 Å². The van der Waals surface area contributed by atoms with Crippen LogP contribution in [0.3, 0.4) is 0 Å². The van der Waals surface area contributed by atoms with Gasteiger partial charge in [-0.2, -0.15) is 0 Å². The van der Waals surface area contributed by atoms with Gasteiger partial charge in [-0.25, -0.2) is 0 Å². The Labute approximate surface area is 99.1 Å². The zero-order valence-electron chi connectivity index (χ0n) is 8.71. The van der Waals surface area contributed by atoms with Crippen LogP contribution in [0.5, 0.6) is 5.75 Å². The van der Waals surface area contributed by atoms with Crippen molar-refractivity contribution < 1.29 is 4.74 Å². The van der Waals surface area contributed by atoms with Crippen molar-refractivity contribution in [2.45, 2.75) is 25.3 Å². The predicted molar refractivity (Wildman–Crippen MR) is 65.3 cm³/mol. The Morgan fingerprint density at radius 1 is 1.33 bits per heavy atom. The van der Waals surface area contributed by atoms with E-state index in [0.717, 1.165) is 23.2 Å². The third-order valence-electron chi connectivity index (χ3n) is 2.71. The zero-order chi connectivity index (χ0) is 10.5. The molecule has 0 amide bonds. The number of halogens is 1. The van der Waals surface area contributed by atoms with Gasteiger partial charge in [0.1, 0.15) is 5.75 Å². The Bertz CT molecular complexity index is 293. The summed E-state index contributed by atoms with van der Waals surface area (Å²) in [7, 11) is 0. The molecule has 3 heteroatoms. The smallest absolute Gasteiger partial charge is 0.119 e. The van der Waals surface area contributed by atoms with E-state index in [9.17, 15) is 0 Å². The monoisotopic (exact) mass is 269 g/mol. The minimum absolute atomic E-state index is 0.667. The van der Waals surface area contributed by atoms with Crippen LogP contribution in [0.4, 0.5) is 0 Å². The summed E-state index contributed by atoms with van der Waals surface area (Å²) in [6.07, 6.45) is 3.71. The predicted octanol–water partition coefficient (Wildman–Crippen LogP) is 2.97. The Balaban J connectivity index is 1.71. The highest BCUT2D eigenvalue weighted by Gasteiger charge is 2.13. The molecule has 0 saturated carbocycles. The van der Waals surface area contributed by atoms with E-state index in [-0.39, 0.29) is 0 Å². The third-order valence-corrected chi connectivity index (χ3v) is 3.24. The van der Waals surface area contributed by atoms with E-state index in [1.165, 1.54) is 19.4 Å². The second kappa shape index (κ2) is 5.52. The number of rotatable bonds is 4. The number of hydrogen-bond donors (Lipinski definition) is 1. The normalized spacial score (nSPS) is 20.5. The first-order valence-electron chi connectivity index (χ1n) is 5.46. The van der Waals surface area contributed by atoms with Gasteiger partial charge in [0.15, 0.2) is 0 Å². The Kier molecular flexibility index (Phi) is 4.03. The summed E-state index contributed by atoms with van der Waals surface area (Å²) >= 11 is 3.40. The van der Waals surface area contributed by atoms with E-state index >= 15 is 0 Å². The van der Waals surface area contributed by atoms with Gasteiger partial charge in [0.05, 0.1) is 6.61 Å². The van der Waals surface area contributed by atoms with Crippen LogP contribution in [-0.2, 0) is 0 Å². The molecule has 82 valence electrons. The molecule has 0 aliphatic carbocycles. The lowest BCUT2D eigenvalue weighted by molar-refractivity contribution is 0.292. The molecule has 2 rings (SSSR count). The maximum Gasteiger partial charge on any atom is 0.119 e. The molecule has 1 aliphatic rings. The minimum Gasteiger partial charge on any atom is -0.494 e.